The van der Waals surface area contributed by atoms with Crippen LogP contribution in [-0.4, -0.2) is 50.0 Å². The van der Waals surface area contributed by atoms with Crippen molar-refractivity contribution < 1.29 is 14.2 Å². The van der Waals surface area contributed by atoms with Gasteiger partial charge in [-0.1, -0.05) is 6.07 Å². The van der Waals surface area contributed by atoms with Crippen LogP contribution in [0.15, 0.2) is 24.3 Å². The quantitative estimate of drug-likeness (QED) is 0.893. The van der Waals surface area contributed by atoms with Gasteiger partial charge in [0.15, 0.2) is 0 Å². The second-order valence-electron chi connectivity index (χ2n) is 6.74. The van der Waals surface area contributed by atoms with E-state index in [0.717, 1.165) is 43.1 Å². The van der Waals surface area contributed by atoms with E-state index in [2.05, 4.69) is 16.0 Å². The van der Waals surface area contributed by atoms with Gasteiger partial charge in [0.2, 0.25) is 5.95 Å². The zero-order valence-electron chi connectivity index (χ0n) is 15.0. The molecule has 26 heavy (non-hydrogen) atoms. The van der Waals surface area contributed by atoms with E-state index < -0.39 is 0 Å². The first kappa shape index (κ1) is 16.9. The number of benzene rings is 1. The lowest BCUT2D eigenvalue weighted by Gasteiger charge is -2.28. The van der Waals surface area contributed by atoms with E-state index in [0.29, 0.717) is 37.5 Å². The van der Waals surface area contributed by atoms with Gasteiger partial charge in [-0.25, -0.2) is 4.98 Å². The van der Waals surface area contributed by atoms with Gasteiger partial charge in [0, 0.05) is 36.8 Å². The molecule has 1 unspecified atom stereocenters. The average Bonchev–Trinajstić information content (AvgIpc) is 2.68. The fraction of sp³-hybridized carbons (Fsp3) is 0.474. The highest BCUT2D eigenvalue weighted by atomic mass is 16.5. The third kappa shape index (κ3) is 3.67. The largest absolute Gasteiger partial charge is 0.497 e. The van der Waals surface area contributed by atoms with Gasteiger partial charge in [-0.05, 0) is 24.5 Å². The molecule has 7 nitrogen and oxygen atoms in total. The zero-order chi connectivity index (χ0) is 17.9. The highest BCUT2D eigenvalue weighted by molar-refractivity contribution is 5.43. The summed E-state index contributed by atoms with van der Waals surface area (Å²) in [4.78, 5) is 11.3. The molecule has 2 N–H and O–H groups in total. The van der Waals surface area contributed by atoms with Gasteiger partial charge in [-0.15, -0.1) is 0 Å². The van der Waals surface area contributed by atoms with Crippen LogP contribution in [0.25, 0.3) is 0 Å². The van der Waals surface area contributed by atoms with Gasteiger partial charge >= 0.3 is 0 Å². The monoisotopic (exact) mass is 356 g/mol. The van der Waals surface area contributed by atoms with Gasteiger partial charge in [-0.3, -0.25) is 0 Å². The number of nitrogens with two attached hydrogens (primary N) is 1. The lowest BCUT2D eigenvalue weighted by atomic mass is 9.92. The van der Waals surface area contributed by atoms with Crippen LogP contribution in [-0.2, 0) is 17.6 Å². The summed E-state index contributed by atoms with van der Waals surface area (Å²) in [6.45, 7) is 3.65. The first-order valence-electron chi connectivity index (χ1n) is 8.97. The number of rotatable bonds is 4. The molecule has 1 saturated heterocycles. The van der Waals surface area contributed by atoms with Crippen LogP contribution in [0.1, 0.15) is 11.3 Å². The molecule has 0 radical (unpaired) electrons. The third-order valence-electron chi connectivity index (χ3n) is 4.84. The Morgan fingerprint density at radius 1 is 1.23 bits per heavy atom. The minimum Gasteiger partial charge on any atom is -0.497 e. The minimum absolute atomic E-state index is 0.364. The van der Waals surface area contributed by atoms with Crippen molar-refractivity contribution in [2.75, 3.05) is 50.7 Å². The topological polar surface area (TPSA) is 82.7 Å². The minimum atomic E-state index is 0.364. The Kier molecular flexibility index (Phi) is 4.79. The molecule has 2 aromatic rings. The number of anilines is 2. The second-order valence-corrected chi connectivity index (χ2v) is 6.74. The van der Waals surface area contributed by atoms with Crippen LogP contribution >= 0.6 is 0 Å². The highest BCUT2D eigenvalue weighted by Gasteiger charge is 2.22. The van der Waals surface area contributed by atoms with Crippen LogP contribution in [0.4, 0.5) is 11.8 Å². The van der Waals surface area contributed by atoms with E-state index in [1.54, 1.807) is 7.11 Å². The maximum Gasteiger partial charge on any atom is 0.227 e. The smallest absolute Gasteiger partial charge is 0.227 e. The Bertz CT molecular complexity index is 777. The van der Waals surface area contributed by atoms with Crippen molar-refractivity contribution in [1.29, 1.82) is 0 Å². The third-order valence-corrected chi connectivity index (χ3v) is 4.84. The molecule has 0 amide bonds. The normalized spacial score (nSPS) is 19.6. The average molecular weight is 356 g/mol. The van der Waals surface area contributed by atoms with Crippen LogP contribution in [0.3, 0.4) is 0 Å². The maximum absolute atomic E-state index is 6.03. The van der Waals surface area contributed by atoms with Gasteiger partial charge in [0.25, 0.3) is 0 Å². The molecule has 1 aromatic carbocycles. The molecule has 2 aliphatic heterocycles. The van der Waals surface area contributed by atoms with Crippen molar-refractivity contribution in [3.63, 3.8) is 0 Å². The molecule has 4 rings (SSSR count). The molecule has 1 fully saturated rings. The predicted octanol–water partition coefficient (Wildman–Crippen LogP) is 1.70. The van der Waals surface area contributed by atoms with Crippen molar-refractivity contribution in [1.82, 2.24) is 9.97 Å². The molecule has 0 saturated carbocycles. The Labute approximate surface area is 153 Å². The van der Waals surface area contributed by atoms with Gasteiger partial charge in [-0.2, -0.15) is 4.98 Å². The van der Waals surface area contributed by atoms with Gasteiger partial charge in [0.1, 0.15) is 17.3 Å². The summed E-state index contributed by atoms with van der Waals surface area (Å²) in [5, 5.41) is 0. The molecule has 0 aliphatic carbocycles. The van der Waals surface area contributed by atoms with Crippen LogP contribution in [0, 0.1) is 5.92 Å². The first-order chi connectivity index (χ1) is 12.7. The van der Waals surface area contributed by atoms with Crippen LogP contribution in [0.2, 0.25) is 0 Å². The predicted molar refractivity (Wildman–Crippen MR) is 98.9 cm³/mol. The number of hydrogen-bond acceptors (Lipinski definition) is 7. The van der Waals surface area contributed by atoms with E-state index >= 15 is 0 Å². The van der Waals surface area contributed by atoms with Crippen molar-refractivity contribution in [2.45, 2.75) is 12.8 Å². The lowest BCUT2D eigenvalue weighted by molar-refractivity contribution is 0.122. The number of morpholine rings is 1. The Morgan fingerprint density at radius 3 is 2.88 bits per heavy atom. The summed E-state index contributed by atoms with van der Waals surface area (Å²) in [5.74, 6) is 3.31. The number of ether oxygens (including phenoxy) is 3. The Hall–Kier alpha value is -2.54. The van der Waals surface area contributed by atoms with Crippen molar-refractivity contribution in [3.8, 4) is 11.5 Å². The van der Waals surface area contributed by atoms with Crippen molar-refractivity contribution in [2.24, 2.45) is 5.92 Å². The zero-order valence-corrected chi connectivity index (χ0v) is 15.0. The van der Waals surface area contributed by atoms with Gasteiger partial charge in [0.05, 0.1) is 26.9 Å². The molecule has 1 atom stereocenters. The number of methoxy groups -OCH3 is 1. The Balaban J connectivity index is 1.48. The number of fused-ring (bicyclic) bond motifs is 1. The molecule has 0 spiro atoms. The summed E-state index contributed by atoms with van der Waals surface area (Å²) < 4.78 is 16.6. The molecule has 3 heterocycles. The summed E-state index contributed by atoms with van der Waals surface area (Å²) in [7, 11) is 1.67. The molecule has 138 valence electrons. The molecule has 1 aromatic heterocycles. The van der Waals surface area contributed by atoms with E-state index in [9.17, 15) is 0 Å². The van der Waals surface area contributed by atoms with Gasteiger partial charge < -0.3 is 24.8 Å². The number of nitrogen functional groups attached to an aromatic ring is 1. The summed E-state index contributed by atoms with van der Waals surface area (Å²) >= 11 is 0. The van der Waals surface area contributed by atoms with E-state index in [1.807, 2.05) is 18.2 Å². The molecular formula is C19H24N4O3. The fourth-order valence-corrected chi connectivity index (χ4v) is 3.48. The summed E-state index contributed by atoms with van der Waals surface area (Å²) in [6.07, 6.45) is 1.77. The van der Waals surface area contributed by atoms with E-state index in [1.165, 1.54) is 5.56 Å². The maximum atomic E-state index is 6.03. The molecule has 7 heteroatoms. The molecule has 0 bridgehead atoms. The molecule has 2 aliphatic rings. The molecular weight excluding hydrogens is 332 g/mol. The van der Waals surface area contributed by atoms with Crippen LogP contribution < -0.4 is 20.1 Å². The summed E-state index contributed by atoms with van der Waals surface area (Å²) in [5.41, 5.74) is 8.19. The van der Waals surface area contributed by atoms with Crippen molar-refractivity contribution >= 4 is 11.8 Å². The fourth-order valence-electron chi connectivity index (χ4n) is 3.48. The van der Waals surface area contributed by atoms with E-state index in [-0.39, 0.29) is 0 Å². The summed E-state index contributed by atoms with van der Waals surface area (Å²) in [6, 6.07) is 7.87. The number of hydrogen-bond donors (Lipinski definition) is 1. The number of nitrogens with zero attached hydrogens (tertiary/aromatic N) is 3. The Morgan fingerprint density at radius 2 is 2.08 bits per heavy atom. The van der Waals surface area contributed by atoms with Crippen LogP contribution in [0.5, 0.6) is 11.5 Å². The van der Waals surface area contributed by atoms with E-state index in [4.69, 9.17) is 24.9 Å². The first-order valence-corrected chi connectivity index (χ1v) is 8.97. The SMILES string of the molecule is COc1ccc2c(c1)OCC(Cc1cc(N)nc(N3CCOCC3)n1)C2. The second kappa shape index (κ2) is 7.37. The number of aromatic nitrogens is 2. The standard InChI is InChI=1S/C19H24N4O3/c1-24-16-3-2-14-8-13(12-26-17(14)11-16)9-15-10-18(20)22-19(21-15)23-4-6-25-7-5-23/h2-3,10-11,13H,4-9,12H2,1H3,(H2,20,21,22). The lowest BCUT2D eigenvalue weighted by Crippen LogP contribution is -2.37. The highest BCUT2D eigenvalue weighted by Crippen LogP contribution is 2.32. The van der Waals surface area contributed by atoms with Crippen molar-refractivity contribution in [3.05, 3.63) is 35.5 Å².